The zero-order chi connectivity index (χ0) is 12.3. The molecule has 1 fully saturated rings. The molecular weight excluding hydrogens is 210 g/mol. The van der Waals surface area contributed by atoms with Gasteiger partial charge in [0.15, 0.2) is 0 Å². The van der Waals surface area contributed by atoms with Crippen LogP contribution in [0, 0.1) is 19.8 Å². The zero-order valence-electron chi connectivity index (χ0n) is 11.4. The standard InChI is InChI=1S/C14H25N3/c1-4-15-14(13-7-5-6-8-13)9-17-10-16-11(2)12(17)3/h10,13-15H,4-9H2,1-3H3. The molecule has 1 unspecified atom stereocenters. The molecule has 3 nitrogen and oxygen atoms in total. The Kier molecular flexibility index (Phi) is 4.21. The summed E-state index contributed by atoms with van der Waals surface area (Å²) in [7, 11) is 0. The Hall–Kier alpha value is -0.830. The minimum Gasteiger partial charge on any atom is -0.333 e. The average molecular weight is 235 g/mol. The predicted molar refractivity (Wildman–Crippen MR) is 71.1 cm³/mol. The summed E-state index contributed by atoms with van der Waals surface area (Å²) in [6.45, 7) is 8.59. The van der Waals surface area contributed by atoms with Crippen LogP contribution in [0.25, 0.3) is 0 Å². The van der Waals surface area contributed by atoms with Crippen LogP contribution < -0.4 is 5.32 Å². The number of rotatable bonds is 5. The third-order valence-corrected chi connectivity index (χ3v) is 4.17. The lowest BCUT2D eigenvalue weighted by Crippen LogP contribution is -2.38. The molecular formula is C14H25N3. The lowest BCUT2D eigenvalue weighted by Gasteiger charge is -2.25. The lowest BCUT2D eigenvalue weighted by molar-refractivity contribution is 0.325. The van der Waals surface area contributed by atoms with Gasteiger partial charge in [0.05, 0.1) is 12.0 Å². The van der Waals surface area contributed by atoms with Gasteiger partial charge in [-0.2, -0.15) is 0 Å². The van der Waals surface area contributed by atoms with Crippen LogP contribution in [-0.4, -0.2) is 22.1 Å². The molecule has 1 aliphatic carbocycles. The fraction of sp³-hybridized carbons (Fsp3) is 0.786. The van der Waals surface area contributed by atoms with E-state index in [9.17, 15) is 0 Å². The molecule has 1 aliphatic rings. The van der Waals surface area contributed by atoms with Gasteiger partial charge in [-0.25, -0.2) is 4.98 Å². The van der Waals surface area contributed by atoms with E-state index < -0.39 is 0 Å². The largest absolute Gasteiger partial charge is 0.333 e. The van der Waals surface area contributed by atoms with E-state index in [-0.39, 0.29) is 0 Å². The SMILES string of the molecule is CCNC(Cn1cnc(C)c1C)C1CCCC1. The van der Waals surface area contributed by atoms with Crippen LogP contribution in [-0.2, 0) is 6.54 Å². The third kappa shape index (κ3) is 2.89. The van der Waals surface area contributed by atoms with Crippen molar-refractivity contribution in [1.82, 2.24) is 14.9 Å². The summed E-state index contributed by atoms with van der Waals surface area (Å²) in [5.74, 6) is 0.858. The highest BCUT2D eigenvalue weighted by molar-refractivity contribution is 5.08. The molecule has 0 saturated heterocycles. The van der Waals surface area contributed by atoms with Gasteiger partial charge in [-0.3, -0.25) is 0 Å². The van der Waals surface area contributed by atoms with E-state index in [1.807, 2.05) is 6.33 Å². The second kappa shape index (κ2) is 5.67. The molecule has 3 heteroatoms. The first-order valence-corrected chi connectivity index (χ1v) is 6.94. The first kappa shape index (κ1) is 12.6. The molecule has 0 aliphatic heterocycles. The van der Waals surface area contributed by atoms with Gasteiger partial charge in [-0.1, -0.05) is 19.8 Å². The monoisotopic (exact) mass is 235 g/mol. The van der Waals surface area contributed by atoms with Crippen LogP contribution in [0.3, 0.4) is 0 Å². The molecule has 0 bridgehead atoms. The van der Waals surface area contributed by atoms with Gasteiger partial charge < -0.3 is 9.88 Å². The Balaban J connectivity index is 2.04. The third-order valence-electron chi connectivity index (χ3n) is 4.17. The van der Waals surface area contributed by atoms with E-state index in [1.165, 1.54) is 31.4 Å². The molecule has 1 heterocycles. The first-order valence-electron chi connectivity index (χ1n) is 6.94. The Bertz CT molecular complexity index is 350. The van der Waals surface area contributed by atoms with Crippen molar-refractivity contribution in [3.05, 3.63) is 17.7 Å². The van der Waals surface area contributed by atoms with Crippen molar-refractivity contribution in [1.29, 1.82) is 0 Å². The van der Waals surface area contributed by atoms with E-state index in [2.05, 4.69) is 35.6 Å². The van der Waals surface area contributed by atoms with Gasteiger partial charge in [0.1, 0.15) is 0 Å². The highest BCUT2D eigenvalue weighted by atomic mass is 15.1. The van der Waals surface area contributed by atoms with Gasteiger partial charge in [-0.05, 0) is 39.2 Å². The second-order valence-electron chi connectivity index (χ2n) is 5.28. The summed E-state index contributed by atoms with van der Waals surface area (Å²) in [5.41, 5.74) is 2.47. The topological polar surface area (TPSA) is 29.9 Å². The lowest BCUT2D eigenvalue weighted by atomic mass is 9.98. The number of hydrogen-bond donors (Lipinski definition) is 1. The van der Waals surface area contributed by atoms with Crippen molar-refractivity contribution < 1.29 is 0 Å². The molecule has 1 aromatic heterocycles. The highest BCUT2D eigenvalue weighted by Gasteiger charge is 2.24. The highest BCUT2D eigenvalue weighted by Crippen LogP contribution is 2.28. The summed E-state index contributed by atoms with van der Waals surface area (Å²) < 4.78 is 2.31. The van der Waals surface area contributed by atoms with Crippen LogP contribution in [0.15, 0.2) is 6.33 Å². The maximum absolute atomic E-state index is 4.39. The summed E-state index contributed by atoms with van der Waals surface area (Å²) >= 11 is 0. The van der Waals surface area contributed by atoms with Crippen LogP contribution in [0.5, 0.6) is 0 Å². The Morgan fingerprint density at radius 1 is 1.41 bits per heavy atom. The van der Waals surface area contributed by atoms with Crippen LogP contribution in [0.4, 0.5) is 0 Å². The fourth-order valence-corrected chi connectivity index (χ4v) is 2.94. The Labute approximate surface area is 105 Å². The van der Waals surface area contributed by atoms with E-state index in [0.29, 0.717) is 6.04 Å². The summed E-state index contributed by atoms with van der Waals surface area (Å²) in [6.07, 6.45) is 7.60. The quantitative estimate of drug-likeness (QED) is 0.850. The molecule has 0 aromatic carbocycles. The van der Waals surface area contributed by atoms with Crippen LogP contribution in [0.1, 0.15) is 44.0 Å². The van der Waals surface area contributed by atoms with Crippen molar-refractivity contribution in [3.8, 4) is 0 Å². The average Bonchev–Trinajstić information content (AvgIpc) is 2.93. The Morgan fingerprint density at radius 2 is 2.12 bits per heavy atom. The zero-order valence-corrected chi connectivity index (χ0v) is 11.4. The number of aryl methyl sites for hydroxylation is 1. The van der Waals surface area contributed by atoms with Crippen molar-refractivity contribution in [2.75, 3.05) is 6.54 Å². The molecule has 2 rings (SSSR count). The van der Waals surface area contributed by atoms with E-state index in [4.69, 9.17) is 0 Å². The minimum absolute atomic E-state index is 0.620. The number of imidazole rings is 1. The van der Waals surface area contributed by atoms with Crippen LogP contribution >= 0.6 is 0 Å². The number of hydrogen-bond acceptors (Lipinski definition) is 2. The van der Waals surface area contributed by atoms with Gasteiger partial charge in [0, 0.05) is 18.3 Å². The molecule has 0 radical (unpaired) electrons. The predicted octanol–water partition coefficient (Wildman–Crippen LogP) is 2.67. The number of nitrogens with zero attached hydrogens (tertiary/aromatic N) is 2. The van der Waals surface area contributed by atoms with Crippen LogP contribution in [0.2, 0.25) is 0 Å². The molecule has 1 atom stereocenters. The van der Waals surface area contributed by atoms with E-state index >= 15 is 0 Å². The molecule has 0 spiro atoms. The van der Waals surface area contributed by atoms with Crippen molar-refractivity contribution in [3.63, 3.8) is 0 Å². The summed E-state index contributed by atoms with van der Waals surface area (Å²) in [5, 5.41) is 3.66. The van der Waals surface area contributed by atoms with Crippen molar-refractivity contribution in [2.24, 2.45) is 5.92 Å². The smallest absolute Gasteiger partial charge is 0.0951 e. The molecule has 1 aromatic rings. The number of nitrogens with one attached hydrogen (secondary N) is 1. The van der Waals surface area contributed by atoms with Gasteiger partial charge in [0.25, 0.3) is 0 Å². The number of likely N-dealkylation sites (N-methyl/N-ethyl adjacent to an activating group) is 1. The normalized spacial score (nSPS) is 18.8. The van der Waals surface area contributed by atoms with Gasteiger partial charge in [0.2, 0.25) is 0 Å². The fourth-order valence-electron chi connectivity index (χ4n) is 2.94. The minimum atomic E-state index is 0.620. The second-order valence-corrected chi connectivity index (χ2v) is 5.28. The molecule has 1 saturated carbocycles. The Morgan fingerprint density at radius 3 is 2.65 bits per heavy atom. The first-order chi connectivity index (χ1) is 8.22. The summed E-state index contributed by atoms with van der Waals surface area (Å²) in [6, 6.07) is 0.620. The van der Waals surface area contributed by atoms with E-state index in [1.54, 1.807) is 0 Å². The van der Waals surface area contributed by atoms with Crippen molar-refractivity contribution >= 4 is 0 Å². The molecule has 17 heavy (non-hydrogen) atoms. The van der Waals surface area contributed by atoms with Gasteiger partial charge >= 0.3 is 0 Å². The van der Waals surface area contributed by atoms with Gasteiger partial charge in [-0.15, -0.1) is 0 Å². The van der Waals surface area contributed by atoms with E-state index in [0.717, 1.165) is 24.7 Å². The maximum atomic E-state index is 4.39. The molecule has 0 amide bonds. The summed E-state index contributed by atoms with van der Waals surface area (Å²) in [4.78, 5) is 4.39. The molecule has 96 valence electrons. The number of aromatic nitrogens is 2. The maximum Gasteiger partial charge on any atom is 0.0951 e. The van der Waals surface area contributed by atoms with Crippen molar-refractivity contribution in [2.45, 2.75) is 59.0 Å². The molecule has 1 N–H and O–H groups in total.